The fourth-order valence-corrected chi connectivity index (χ4v) is 4.52. The number of nitrogens with one attached hydrogen (secondary N) is 1. The van der Waals surface area contributed by atoms with Gasteiger partial charge in [-0.1, -0.05) is 18.2 Å². The molecule has 1 amide bonds. The van der Waals surface area contributed by atoms with Crippen molar-refractivity contribution < 1.29 is 17.6 Å². The summed E-state index contributed by atoms with van der Waals surface area (Å²) in [4.78, 5) is 20.5. The van der Waals surface area contributed by atoms with Crippen LogP contribution in [0.3, 0.4) is 0 Å². The molecule has 0 aliphatic heterocycles. The SMILES string of the molecule is Cc1c(F)cccc1S(=O)(=O)c1ccc(CNC(=O)c2cnc3nccn3c2)cc1. The lowest BCUT2D eigenvalue weighted by molar-refractivity contribution is 0.0950. The van der Waals surface area contributed by atoms with Gasteiger partial charge in [0.2, 0.25) is 15.6 Å². The minimum atomic E-state index is -3.84. The zero-order valence-electron chi connectivity index (χ0n) is 15.9. The van der Waals surface area contributed by atoms with Gasteiger partial charge in [0.15, 0.2) is 0 Å². The molecule has 2 aromatic carbocycles. The Morgan fingerprint density at radius 1 is 1.13 bits per heavy atom. The second-order valence-electron chi connectivity index (χ2n) is 6.67. The number of hydrogen-bond donors (Lipinski definition) is 1. The van der Waals surface area contributed by atoms with E-state index in [0.29, 0.717) is 11.3 Å². The van der Waals surface area contributed by atoms with Gasteiger partial charge >= 0.3 is 0 Å². The summed E-state index contributed by atoms with van der Waals surface area (Å²) in [5.74, 6) is -0.388. The van der Waals surface area contributed by atoms with Crippen molar-refractivity contribution in [2.45, 2.75) is 23.3 Å². The molecule has 0 unspecified atom stereocenters. The Balaban J connectivity index is 1.48. The molecule has 4 rings (SSSR count). The number of carbonyl (C=O) groups excluding carboxylic acids is 1. The van der Waals surface area contributed by atoms with Crippen molar-refractivity contribution in [1.82, 2.24) is 19.7 Å². The first-order valence-electron chi connectivity index (χ1n) is 9.02. The lowest BCUT2D eigenvalue weighted by atomic mass is 10.2. The molecule has 2 aromatic heterocycles. The highest BCUT2D eigenvalue weighted by Crippen LogP contribution is 2.25. The van der Waals surface area contributed by atoms with E-state index in [0.717, 1.165) is 5.56 Å². The number of fused-ring (bicyclic) bond motifs is 1. The normalized spacial score (nSPS) is 11.5. The molecule has 0 saturated carbocycles. The largest absolute Gasteiger partial charge is 0.348 e. The van der Waals surface area contributed by atoms with Crippen molar-refractivity contribution >= 4 is 21.5 Å². The van der Waals surface area contributed by atoms with E-state index >= 15 is 0 Å². The van der Waals surface area contributed by atoms with Crippen LogP contribution in [0, 0.1) is 12.7 Å². The van der Waals surface area contributed by atoms with Crippen molar-refractivity contribution in [3.8, 4) is 0 Å². The zero-order valence-corrected chi connectivity index (χ0v) is 16.7. The third-order valence-corrected chi connectivity index (χ3v) is 6.62. The van der Waals surface area contributed by atoms with E-state index in [1.165, 1.54) is 43.5 Å². The molecule has 9 heteroatoms. The van der Waals surface area contributed by atoms with Crippen LogP contribution >= 0.6 is 0 Å². The predicted octanol–water partition coefficient (Wildman–Crippen LogP) is 2.94. The molecule has 0 radical (unpaired) electrons. The summed E-state index contributed by atoms with van der Waals surface area (Å²) in [7, 11) is -3.84. The summed E-state index contributed by atoms with van der Waals surface area (Å²) >= 11 is 0. The van der Waals surface area contributed by atoms with E-state index in [4.69, 9.17) is 0 Å². The number of nitrogens with zero attached hydrogens (tertiary/aromatic N) is 3. The highest BCUT2D eigenvalue weighted by atomic mass is 32.2. The molecule has 0 bridgehead atoms. The second-order valence-corrected chi connectivity index (χ2v) is 8.59. The number of sulfone groups is 1. The summed E-state index contributed by atoms with van der Waals surface area (Å²) in [6, 6.07) is 10.1. The topological polar surface area (TPSA) is 93.4 Å². The fourth-order valence-electron chi connectivity index (χ4n) is 3.01. The minimum absolute atomic E-state index is 0.0565. The summed E-state index contributed by atoms with van der Waals surface area (Å²) in [6.45, 7) is 1.64. The maximum absolute atomic E-state index is 13.8. The van der Waals surface area contributed by atoms with Gasteiger partial charge in [0.05, 0.1) is 15.4 Å². The molecule has 7 nitrogen and oxygen atoms in total. The van der Waals surface area contributed by atoms with Crippen LogP contribution < -0.4 is 5.32 Å². The van der Waals surface area contributed by atoms with E-state index in [-0.39, 0.29) is 27.8 Å². The Kier molecular flexibility index (Phi) is 5.04. The summed E-state index contributed by atoms with van der Waals surface area (Å²) < 4.78 is 41.0. The van der Waals surface area contributed by atoms with E-state index in [1.807, 2.05) is 0 Å². The lowest BCUT2D eigenvalue weighted by Crippen LogP contribution is -2.23. The molecule has 0 saturated heterocycles. The van der Waals surface area contributed by atoms with Gasteiger partial charge in [-0.2, -0.15) is 0 Å². The van der Waals surface area contributed by atoms with Crippen LogP contribution in [-0.2, 0) is 16.4 Å². The van der Waals surface area contributed by atoms with Gasteiger partial charge in [0.25, 0.3) is 5.91 Å². The molecular formula is C21H17FN4O3S. The second kappa shape index (κ2) is 7.68. The van der Waals surface area contributed by atoms with Crippen molar-refractivity contribution in [2.24, 2.45) is 0 Å². The third kappa shape index (κ3) is 3.67. The number of amides is 1. The maximum atomic E-state index is 13.8. The van der Waals surface area contributed by atoms with Crippen molar-refractivity contribution in [1.29, 1.82) is 0 Å². The van der Waals surface area contributed by atoms with Crippen LogP contribution in [0.25, 0.3) is 5.78 Å². The molecule has 152 valence electrons. The van der Waals surface area contributed by atoms with E-state index in [9.17, 15) is 17.6 Å². The van der Waals surface area contributed by atoms with Gasteiger partial charge in [0, 0.05) is 36.9 Å². The average molecular weight is 424 g/mol. The van der Waals surface area contributed by atoms with Crippen LogP contribution in [0.4, 0.5) is 4.39 Å². The first-order valence-corrected chi connectivity index (χ1v) is 10.5. The Morgan fingerprint density at radius 3 is 2.67 bits per heavy atom. The van der Waals surface area contributed by atoms with Crippen LogP contribution in [-0.4, -0.2) is 28.7 Å². The number of benzene rings is 2. The molecule has 2 heterocycles. The van der Waals surface area contributed by atoms with Gasteiger partial charge in [-0.05, 0) is 36.8 Å². The van der Waals surface area contributed by atoms with Gasteiger partial charge in [-0.3, -0.25) is 9.20 Å². The number of imidazole rings is 1. The number of aromatic nitrogens is 3. The minimum Gasteiger partial charge on any atom is -0.348 e. The van der Waals surface area contributed by atoms with E-state index < -0.39 is 15.7 Å². The molecule has 4 aromatic rings. The van der Waals surface area contributed by atoms with Crippen LogP contribution in [0.2, 0.25) is 0 Å². The monoisotopic (exact) mass is 424 g/mol. The fraction of sp³-hybridized carbons (Fsp3) is 0.0952. The predicted molar refractivity (Wildman–Crippen MR) is 107 cm³/mol. The smallest absolute Gasteiger partial charge is 0.254 e. The summed E-state index contributed by atoms with van der Waals surface area (Å²) in [6.07, 6.45) is 6.35. The highest BCUT2D eigenvalue weighted by molar-refractivity contribution is 7.91. The van der Waals surface area contributed by atoms with Gasteiger partial charge in [-0.15, -0.1) is 0 Å². The van der Waals surface area contributed by atoms with Crippen molar-refractivity contribution in [2.75, 3.05) is 0 Å². The summed E-state index contributed by atoms with van der Waals surface area (Å²) in [5.41, 5.74) is 1.17. The number of halogens is 1. The van der Waals surface area contributed by atoms with Gasteiger partial charge in [0.1, 0.15) is 5.82 Å². The van der Waals surface area contributed by atoms with Crippen molar-refractivity contribution in [3.05, 3.63) is 89.8 Å². The average Bonchev–Trinajstić information content (AvgIpc) is 3.22. The summed E-state index contributed by atoms with van der Waals surface area (Å²) in [5, 5.41) is 2.77. The first kappa shape index (κ1) is 19.7. The molecule has 0 spiro atoms. The number of hydrogen-bond acceptors (Lipinski definition) is 5. The van der Waals surface area contributed by atoms with Crippen molar-refractivity contribution in [3.63, 3.8) is 0 Å². The van der Waals surface area contributed by atoms with Crippen LogP contribution in [0.1, 0.15) is 21.5 Å². The lowest BCUT2D eigenvalue weighted by Gasteiger charge is -2.10. The molecule has 1 N–H and O–H groups in total. The van der Waals surface area contributed by atoms with Crippen LogP contribution in [0.15, 0.2) is 77.0 Å². The van der Waals surface area contributed by atoms with E-state index in [2.05, 4.69) is 15.3 Å². The molecule has 0 aliphatic carbocycles. The number of carbonyl (C=O) groups is 1. The molecule has 0 atom stereocenters. The number of rotatable bonds is 5. The molecule has 0 fully saturated rings. The first-order chi connectivity index (χ1) is 14.4. The van der Waals surface area contributed by atoms with Crippen LogP contribution in [0.5, 0.6) is 0 Å². The zero-order chi connectivity index (χ0) is 21.3. The third-order valence-electron chi connectivity index (χ3n) is 4.70. The van der Waals surface area contributed by atoms with Gasteiger partial charge in [-0.25, -0.2) is 22.8 Å². The Morgan fingerprint density at radius 2 is 1.90 bits per heavy atom. The maximum Gasteiger partial charge on any atom is 0.254 e. The standard InChI is InChI=1S/C21H17FN4O3S/c1-14-18(22)3-2-4-19(14)30(28,29)17-7-5-15(6-8-17)11-24-20(27)16-12-25-21-23-9-10-26(21)13-16/h2-10,12-13H,11H2,1H3,(H,24,27). The Bertz CT molecular complexity index is 1350. The Labute approximate surface area is 172 Å². The van der Waals surface area contributed by atoms with Gasteiger partial charge < -0.3 is 5.32 Å². The quantitative estimate of drug-likeness (QED) is 0.532. The highest BCUT2D eigenvalue weighted by Gasteiger charge is 2.21. The molecule has 30 heavy (non-hydrogen) atoms. The molecular weight excluding hydrogens is 407 g/mol. The van der Waals surface area contributed by atoms with E-state index in [1.54, 1.807) is 35.1 Å². The molecule has 0 aliphatic rings. The Hall–Kier alpha value is -3.59.